The van der Waals surface area contributed by atoms with Gasteiger partial charge >= 0.3 is 0 Å². The Morgan fingerprint density at radius 3 is 2.91 bits per heavy atom. The van der Waals surface area contributed by atoms with Gasteiger partial charge < -0.3 is 15.0 Å². The van der Waals surface area contributed by atoms with Crippen molar-refractivity contribution in [3.63, 3.8) is 0 Å². The number of ether oxygens (including phenoxy) is 1. The first kappa shape index (κ1) is 17.4. The van der Waals surface area contributed by atoms with Crippen LogP contribution in [0.25, 0.3) is 0 Å². The van der Waals surface area contributed by atoms with Gasteiger partial charge in [0.05, 0.1) is 13.2 Å². The van der Waals surface area contributed by atoms with E-state index in [1.807, 2.05) is 43.1 Å². The highest BCUT2D eigenvalue weighted by atomic mass is 16.5. The molecule has 1 unspecified atom stereocenters. The minimum atomic E-state index is -0.0819. The average Bonchev–Trinajstić information content (AvgIpc) is 2.84. The molecule has 1 aliphatic heterocycles. The van der Waals surface area contributed by atoms with E-state index in [1.54, 1.807) is 12.0 Å². The molecule has 6 heteroatoms. The van der Waals surface area contributed by atoms with Crippen LogP contribution in [0.5, 0.6) is 0 Å². The van der Waals surface area contributed by atoms with Gasteiger partial charge in [0.2, 0.25) is 11.8 Å². The molecule has 6 nitrogen and oxygen atoms in total. The first-order chi connectivity index (χ1) is 11.0. The molecule has 1 aliphatic rings. The number of anilines is 2. The maximum absolute atomic E-state index is 12.1. The largest absolute Gasteiger partial charge is 0.383 e. The van der Waals surface area contributed by atoms with Gasteiger partial charge in [-0.3, -0.25) is 14.5 Å². The Hall–Kier alpha value is -1.92. The molecule has 1 atom stereocenters. The quantitative estimate of drug-likeness (QED) is 0.831. The highest BCUT2D eigenvalue weighted by Gasteiger charge is 2.28. The second kappa shape index (κ2) is 8.08. The molecule has 1 aromatic rings. The minimum Gasteiger partial charge on any atom is -0.383 e. The van der Waals surface area contributed by atoms with Crippen molar-refractivity contribution in [1.29, 1.82) is 0 Å². The number of carbonyl (C=O) groups is 2. The smallest absolute Gasteiger partial charge is 0.238 e. The van der Waals surface area contributed by atoms with Crippen LogP contribution in [0, 0.1) is 0 Å². The Kier molecular flexibility index (Phi) is 6.12. The standard InChI is InChI=1S/C17H25N3O3/c1-13-7-8-17(22)20(13)15-6-4-5-14(11-15)18-16(21)12-19(2)9-10-23-3/h4-6,11,13H,7-10,12H2,1-3H3,(H,18,21). The lowest BCUT2D eigenvalue weighted by atomic mass is 10.2. The van der Waals surface area contributed by atoms with Crippen LogP contribution in [0.2, 0.25) is 0 Å². The number of hydrogen-bond acceptors (Lipinski definition) is 4. The van der Waals surface area contributed by atoms with E-state index >= 15 is 0 Å². The lowest BCUT2D eigenvalue weighted by Crippen LogP contribution is -2.32. The van der Waals surface area contributed by atoms with Crippen LogP contribution >= 0.6 is 0 Å². The van der Waals surface area contributed by atoms with Gasteiger partial charge in [-0.15, -0.1) is 0 Å². The fourth-order valence-corrected chi connectivity index (χ4v) is 2.73. The molecule has 0 saturated carbocycles. The maximum atomic E-state index is 12.1. The van der Waals surface area contributed by atoms with Gasteiger partial charge in [0.1, 0.15) is 0 Å². The Labute approximate surface area is 137 Å². The molecule has 0 aliphatic carbocycles. The summed E-state index contributed by atoms with van der Waals surface area (Å²) in [6.45, 7) is 3.63. The monoisotopic (exact) mass is 319 g/mol. The highest BCUT2D eigenvalue weighted by molar-refractivity contribution is 5.97. The van der Waals surface area contributed by atoms with E-state index in [9.17, 15) is 9.59 Å². The molecule has 0 spiro atoms. The van der Waals surface area contributed by atoms with Crippen LogP contribution in [-0.2, 0) is 14.3 Å². The number of likely N-dealkylation sites (N-methyl/N-ethyl adjacent to an activating group) is 1. The zero-order chi connectivity index (χ0) is 16.8. The van der Waals surface area contributed by atoms with Crippen LogP contribution in [0.4, 0.5) is 11.4 Å². The van der Waals surface area contributed by atoms with E-state index in [4.69, 9.17) is 4.74 Å². The van der Waals surface area contributed by atoms with Crippen molar-refractivity contribution in [1.82, 2.24) is 4.90 Å². The zero-order valence-electron chi connectivity index (χ0n) is 14.0. The Morgan fingerprint density at radius 1 is 1.48 bits per heavy atom. The summed E-state index contributed by atoms with van der Waals surface area (Å²) in [7, 11) is 3.51. The third kappa shape index (κ3) is 4.77. The van der Waals surface area contributed by atoms with E-state index in [1.165, 1.54) is 0 Å². The normalized spacial score (nSPS) is 17.8. The second-order valence-electron chi connectivity index (χ2n) is 5.98. The maximum Gasteiger partial charge on any atom is 0.238 e. The van der Waals surface area contributed by atoms with Crippen molar-refractivity contribution >= 4 is 23.2 Å². The van der Waals surface area contributed by atoms with Crippen molar-refractivity contribution in [2.45, 2.75) is 25.8 Å². The van der Waals surface area contributed by atoms with Gasteiger partial charge in [-0.1, -0.05) is 6.07 Å². The number of hydrogen-bond donors (Lipinski definition) is 1. The molecule has 2 amide bonds. The van der Waals surface area contributed by atoms with Crippen molar-refractivity contribution in [3.8, 4) is 0 Å². The number of methoxy groups -OCH3 is 1. The number of benzene rings is 1. The molecule has 1 aromatic carbocycles. The molecule has 1 heterocycles. The summed E-state index contributed by atoms with van der Waals surface area (Å²) in [5, 5.41) is 2.88. The number of nitrogens with zero attached hydrogens (tertiary/aromatic N) is 2. The van der Waals surface area contributed by atoms with Crippen molar-refractivity contribution in [2.24, 2.45) is 0 Å². The van der Waals surface area contributed by atoms with Crippen molar-refractivity contribution < 1.29 is 14.3 Å². The summed E-state index contributed by atoms with van der Waals surface area (Å²) in [5.41, 5.74) is 1.55. The molecule has 1 fully saturated rings. The van der Waals surface area contributed by atoms with Gasteiger partial charge in [-0.25, -0.2) is 0 Å². The summed E-state index contributed by atoms with van der Waals surface area (Å²) in [6, 6.07) is 7.65. The first-order valence-corrected chi connectivity index (χ1v) is 7.90. The Morgan fingerprint density at radius 2 is 2.26 bits per heavy atom. The van der Waals surface area contributed by atoms with E-state index in [0.717, 1.165) is 12.1 Å². The fourth-order valence-electron chi connectivity index (χ4n) is 2.73. The van der Waals surface area contributed by atoms with Crippen molar-refractivity contribution in [3.05, 3.63) is 24.3 Å². The van der Waals surface area contributed by atoms with Crippen LogP contribution < -0.4 is 10.2 Å². The summed E-state index contributed by atoms with van der Waals surface area (Å²) in [6.07, 6.45) is 1.46. The van der Waals surface area contributed by atoms with E-state index in [0.29, 0.717) is 31.8 Å². The number of nitrogens with one attached hydrogen (secondary N) is 1. The third-order valence-electron chi connectivity index (χ3n) is 3.98. The highest BCUT2D eigenvalue weighted by Crippen LogP contribution is 2.28. The first-order valence-electron chi connectivity index (χ1n) is 7.90. The topological polar surface area (TPSA) is 61.9 Å². The molecule has 0 bridgehead atoms. The Bertz CT molecular complexity index is 562. The van der Waals surface area contributed by atoms with E-state index < -0.39 is 0 Å². The van der Waals surface area contributed by atoms with E-state index in [2.05, 4.69) is 5.32 Å². The van der Waals surface area contributed by atoms with E-state index in [-0.39, 0.29) is 17.9 Å². The Balaban J connectivity index is 1.97. The zero-order valence-corrected chi connectivity index (χ0v) is 14.0. The molecule has 0 aromatic heterocycles. The molecule has 0 radical (unpaired) electrons. The molecule has 1 N–H and O–H groups in total. The van der Waals surface area contributed by atoms with Gasteiger partial charge in [-0.05, 0) is 38.6 Å². The van der Waals surface area contributed by atoms with Gasteiger partial charge in [0, 0.05) is 37.5 Å². The van der Waals surface area contributed by atoms with Crippen LogP contribution in [0.15, 0.2) is 24.3 Å². The summed E-state index contributed by atoms with van der Waals surface area (Å²) >= 11 is 0. The molecule has 126 valence electrons. The SMILES string of the molecule is COCCN(C)CC(=O)Nc1cccc(N2C(=O)CCC2C)c1. The lowest BCUT2D eigenvalue weighted by Gasteiger charge is -2.22. The molecule has 2 rings (SSSR count). The predicted octanol–water partition coefficient (Wildman–Crippen LogP) is 1.72. The summed E-state index contributed by atoms with van der Waals surface area (Å²) < 4.78 is 4.99. The van der Waals surface area contributed by atoms with Crippen LogP contribution in [0.3, 0.4) is 0 Å². The molecule has 23 heavy (non-hydrogen) atoms. The third-order valence-corrected chi connectivity index (χ3v) is 3.98. The number of carbonyl (C=O) groups excluding carboxylic acids is 2. The van der Waals surface area contributed by atoms with Gasteiger partial charge in [0.25, 0.3) is 0 Å². The minimum absolute atomic E-state index is 0.0819. The van der Waals surface area contributed by atoms with Gasteiger partial charge in [-0.2, -0.15) is 0 Å². The number of amides is 2. The summed E-state index contributed by atoms with van der Waals surface area (Å²) in [5.74, 6) is 0.0572. The second-order valence-corrected chi connectivity index (χ2v) is 5.98. The number of rotatable bonds is 7. The molecular weight excluding hydrogens is 294 g/mol. The molecule has 1 saturated heterocycles. The average molecular weight is 319 g/mol. The van der Waals surface area contributed by atoms with Crippen LogP contribution in [-0.4, -0.2) is 56.6 Å². The van der Waals surface area contributed by atoms with Crippen LogP contribution in [0.1, 0.15) is 19.8 Å². The predicted molar refractivity (Wildman–Crippen MR) is 90.6 cm³/mol. The van der Waals surface area contributed by atoms with Gasteiger partial charge in [0.15, 0.2) is 0 Å². The lowest BCUT2D eigenvalue weighted by molar-refractivity contribution is -0.117. The molecular formula is C17H25N3O3. The van der Waals surface area contributed by atoms with Crippen molar-refractivity contribution in [2.75, 3.05) is 44.1 Å². The summed E-state index contributed by atoms with van der Waals surface area (Å²) in [4.78, 5) is 27.8. The fraction of sp³-hybridized carbons (Fsp3) is 0.529.